The van der Waals surface area contributed by atoms with E-state index >= 15 is 0 Å². The molecule has 2 aromatic rings. The van der Waals surface area contributed by atoms with Crippen LogP contribution in [0.1, 0.15) is 11.6 Å². The molecule has 0 unspecified atom stereocenters. The maximum absolute atomic E-state index is 14.0. The maximum Gasteiger partial charge on any atom is 0.246 e. The van der Waals surface area contributed by atoms with Crippen molar-refractivity contribution in [2.45, 2.75) is 10.9 Å². The van der Waals surface area contributed by atoms with Crippen LogP contribution in [0.4, 0.5) is 8.78 Å². The standard InChI is InChI=1S/C19H20F2N2O2S.ClH/c1-22-10-14-11-23(26(24,25)18-8-3-2-7-17(18)21)12-16(14)19(22)13-5-4-6-15(20)9-13;/h2-9,14,16,19H,10-12H2,1H3;1H/t14-,16+,19-;/m0./s1. The van der Waals surface area contributed by atoms with Crippen LogP contribution in [0.2, 0.25) is 0 Å². The van der Waals surface area contributed by atoms with Gasteiger partial charge in [0.25, 0.3) is 0 Å². The Kier molecular flexibility index (Phi) is 5.59. The normalized spacial score (nSPS) is 26.0. The molecule has 3 atom stereocenters. The van der Waals surface area contributed by atoms with Crippen molar-refractivity contribution in [2.24, 2.45) is 11.8 Å². The zero-order chi connectivity index (χ0) is 18.5. The molecule has 2 aliphatic rings. The van der Waals surface area contributed by atoms with Crippen molar-refractivity contribution in [3.05, 3.63) is 65.7 Å². The Labute approximate surface area is 164 Å². The second-order valence-electron chi connectivity index (χ2n) is 7.12. The molecule has 8 heteroatoms. The Bertz CT molecular complexity index is 941. The molecule has 2 fully saturated rings. The van der Waals surface area contributed by atoms with Gasteiger partial charge < -0.3 is 0 Å². The zero-order valence-corrected chi connectivity index (χ0v) is 16.4. The molecule has 0 bridgehead atoms. The van der Waals surface area contributed by atoms with Crippen LogP contribution in [0.5, 0.6) is 0 Å². The van der Waals surface area contributed by atoms with Crippen LogP contribution in [0.3, 0.4) is 0 Å². The van der Waals surface area contributed by atoms with E-state index in [-0.39, 0.29) is 41.0 Å². The van der Waals surface area contributed by atoms with Crippen LogP contribution in [0, 0.1) is 23.5 Å². The van der Waals surface area contributed by atoms with E-state index < -0.39 is 15.8 Å². The van der Waals surface area contributed by atoms with Gasteiger partial charge in [0.2, 0.25) is 10.0 Å². The SMILES string of the molecule is CN1C[C@H]2CN(S(=O)(=O)c3ccccc3F)C[C@H]2[C@@H]1c1cccc(F)c1.Cl. The van der Waals surface area contributed by atoms with Gasteiger partial charge in [-0.3, -0.25) is 4.90 Å². The van der Waals surface area contributed by atoms with E-state index in [1.54, 1.807) is 6.07 Å². The number of halogens is 3. The molecule has 146 valence electrons. The van der Waals surface area contributed by atoms with E-state index in [1.807, 2.05) is 13.1 Å². The summed E-state index contributed by atoms with van der Waals surface area (Å²) >= 11 is 0. The first-order valence-electron chi connectivity index (χ1n) is 8.58. The predicted molar refractivity (Wildman–Crippen MR) is 101 cm³/mol. The van der Waals surface area contributed by atoms with Crippen molar-refractivity contribution in [3.63, 3.8) is 0 Å². The van der Waals surface area contributed by atoms with Crippen molar-refractivity contribution >= 4 is 22.4 Å². The quantitative estimate of drug-likeness (QED) is 0.773. The summed E-state index contributed by atoms with van der Waals surface area (Å²) in [6.45, 7) is 1.40. The molecule has 0 aromatic heterocycles. The maximum atomic E-state index is 14.0. The summed E-state index contributed by atoms with van der Waals surface area (Å²) in [4.78, 5) is 1.87. The first kappa shape index (κ1) is 20.2. The highest BCUT2D eigenvalue weighted by atomic mass is 35.5. The largest absolute Gasteiger partial charge is 0.299 e. The fraction of sp³-hybridized carbons (Fsp3) is 0.368. The number of benzene rings is 2. The van der Waals surface area contributed by atoms with E-state index in [2.05, 4.69) is 4.90 Å². The highest BCUT2D eigenvalue weighted by Crippen LogP contribution is 2.45. The Morgan fingerprint density at radius 1 is 1.00 bits per heavy atom. The summed E-state index contributed by atoms with van der Waals surface area (Å²) in [5.74, 6) is -0.824. The molecule has 2 aromatic carbocycles. The summed E-state index contributed by atoms with van der Waals surface area (Å²) in [6, 6.07) is 11.9. The van der Waals surface area contributed by atoms with Gasteiger partial charge in [-0.15, -0.1) is 12.4 Å². The van der Waals surface area contributed by atoms with Gasteiger partial charge >= 0.3 is 0 Å². The lowest BCUT2D eigenvalue weighted by atomic mass is 9.89. The number of fused-ring (bicyclic) bond motifs is 1. The Morgan fingerprint density at radius 3 is 2.44 bits per heavy atom. The second-order valence-corrected chi connectivity index (χ2v) is 9.02. The minimum Gasteiger partial charge on any atom is -0.299 e. The predicted octanol–water partition coefficient (Wildman–Crippen LogP) is 3.31. The molecule has 2 aliphatic heterocycles. The fourth-order valence-corrected chi connectivity index (χ4v) is 6.00. The van der Waals surface area contributed by atoms with E-state index in [1.165, 1.54) is 34.6 Å². The number of rotatable bonds is 3. The number of hydrogen-bond donors (Lipinski definition) is 0. The van der Waals surface area contributed by atoms with Crippen LogP contribution in [0.15, 0.2) is 53.4 Å². The third kappa shape index (κ3) is 3.49. The first-order chi connectivity index (χ1) is 12.4. The molecule has 2 saturated heterocycles. The molecule has 4 rings (SSSR count). The molecule has 0 spiro atoms. The monoisotopic (exact) mass is 414 g/mol. The highest BCUT2D eigenvalue weighted by molar-refractivity contribution is 7.89. The highest BCUT2D eigenvalue weighted by Gasteiger charge is 2.49. The van der Waals surface area contributed by atoms with Gasteiger partial charge in [-0.25, -0.2) is 17.2 Å². The summed E-state index contributed by atoms with van der Waals surface area (Å²) in [6.07, 6.45) is 0. The third-order valence-corrected chi connectivity index (χ3v) is 7.37. The van der Waals surface area contributed by atoms with Crippen molar-refractivity contribution in [1.82, 2.24) is 9.21 Å². The summed E-state index contributed by atoms with van der Waals surface area (Å²) in [7, 11) is -1.90. The molecule has 2 heterocycles. The van der Waals surface area contributed by atoms with Crippen LogP contribution < -0.4 is 0 Å². The molecule has 27 heavy (non-hydrogen) atoms. The molecule has 0 saturated carbocycles. The van der Waals surface area contributed by atoms with Crippen molar-refractivity contribution in [3.8, 4) is 0 Å². The average Bonchev–Trinajstić information content (AvgIpc) is 3.12. The lowest BCUT2D eigenvalue weighted by molar-refractivity contribution is 0.260. The van der Waals surface area contributed by atoms with E-state index in [0.29, 0.717) is 13.1 Å². The van der Waals surface area contributed by atoms with Gasteiger partial charge in [0.05, 0.1) is 0 Å². The molecule has 0 aliphatic carbocycles. The summed E-state index contributed by atoms with van der Waals surface area (Å²) in [5, 5.41) is 0. The first-order valence-corrected chi connectivity index (χ1v) is 10.0. The van der Waals surface area contributed by atoms with E-state index in [0.717, 1.165) is 18.2 Å². The van der Waals surface area contributed by atoms with Gasteiger partial charge in [0, 0.05) is 25.7 Å². The van der Waals surface area contributed by atoms with E-state index in [9.17, 15) is 17.2 Å². The van der Waals surface area contributed by atoms with Crippen LogP contribution in [0.25, 0.3) is 0 Å². The Balaban J connectivity index is 0.00000210. The summed E-state index contributed by atoms with van der Waals surface area (Å²) < 4.78 is 54.8. The number of nitrogens with zero attached hydrogens (tertiary/aromatic N) is 2. The van der Waals surface area contributed by atoms with Gasteiger partial charge in [-0.2, -0.15) is 4.31 Å². The van der Waals surface area contributed by atoms with Gasteiger partial charge in [0.1, 0.15) is 16.5 Å². The van der Waals surface area contributed by atoms with Gasteiger partial charge in [-0.1, -0.05) is 24.3 Å². The van der Waals surface area contributed by atoms with Crippen LogP contribution >= 0.6 is 12.4 Å². The summed E-state index contributed by atoms with van der Waals surface area (Å²) in [5.41, 5.74) is 0.852. The minimum atomic E-state index is -3.88. The van der Waals surface area contributed by atoms with Gasteiger partial charge in [0.15, 0.2) is 0 Å². The topological polar surface area (TPSA) is 40.6 Å². The van der Waals surface area contributed by atoms with Crippen LogP contribution in [-0.2, 0) is 10.0 Å². The molecular weight excluding hydrogens is 394 g/mol. The van der Waals surface area contributed by atoms with Crippen molar-refractivity contribution in [2.75, 3.05) is 26.7 Å². The average molecular weight is 415 g/mol. The molecule has 0 radical (unpaired) electrons. The molecule has 0 amide bonds. The Morgan fingerprint density at radius 2 is 1.74 bits per heavy atom. The number of sulfonamides is 1. The van der Waals surface area contributed by atoms with Crippen molar-refractivity contribution < 1.29 is 17.2 Å². The zero-order valence-electron chi connectivity index (χ0n) is 14.8. The minimum absolute atomic E-state index is 0. The fourth-order valence-electron chi connectivity index (χ4n) is 4.40. The smallest absolute Gasteiger partial charge is 0.246 e. The molecule has 0 N–H and O–H groups in total. The lowest BCUT2D eigenvalue weighted by Crippen LogP contribution is -2.33. The van der Waals surface area contributed by atoms with Crippen LogP contribution in [-0.4, -0.2) is 44.3 Å². The Hall–Kier alpha value is -1.54. The lowest BCUT2D eigenvalue weighted by Gasteiger charge is -2.26. The van der Waals surface area contributed by atoms with Gasteiger partial charge in [-0.05, 0) is 48.7 Å². The number of likely N-dealkylation sites (tertiary alicyclic amines) is 1. The number of hydrogen-bond acceptors (Lipinski definition) is 3. The van der Waals surface area contributed by atoms with E-state index in [4.69, 9.17) is 0 Å². The van der Waals surface area contributed by atoms with Crippen molar-refractivity contribution in [1.29, 1.82) is 0 Å². The molecule has 4 nitrogen and oxygen atoms in total. The molecular formula is C19H21ClF2N2O2S. The third-order valence-electron chi connectivity index (χ3n) is 5.51. The second kappa shape index (κ2) is 7.47.